The summed E-state index contributed by atoms with van der Waals surface area (Å²) < 4.78 is 25.0. The highest BCUT2D eigenvalue weighted by atomic mass is 32.2. The second-order valence-corrected chi connectivity index (χ2v) is 6.96. The predicted octanol–water partition coefficient (Wildman–Crippen LogP) is 1.35. The summed E-state index contributed by atoms with van der Waals surface area (Å²) in [6.45, 7) is 3.37. The number of hydrogen-bond acceptors (Lipinski definition) is 4. The molecule has 2 rings (SSSR count). The van der Waals surface area contributed by atoms with Gasteiger partial charge in [0.2, 0.25) is 9.84 Å². The van der Waals surface area contributed by atoms with Crippen LogP contribution in [-0.4, -0.2) is 30.8 Å². The molecule has 104 valence electrons. The highest BCUT2D eigenvalue weighted by Gasteiger charge is 2.38. The fourth-order valence-corrected chi connectivity index (χ4v) is 4.10. The zero-order valence-electron chi connectivity index (χ0n) is 10.9. The number of hydrogen-bond donors (Lipinski definition) is 2. The van der Waals surface area contributed by atoms with Gasteiger partial charge in [-0.25, -0.2) is 8.42 Å². The topological polar surface area (TPSA) is 74.6 Å². The van der Waals surface area contributed by atoms with Crippen LogP contribution in [0.4, 0.5) is 0 Å². The SMILES string of the molecule is CC1C(S(=O)(=O)c2ccccc2)=C[C@@H](O)[C@@H](C)[C@H]1O. The van der Waals surface area contributed by atoms with E-state index < -0.39 is 28.0 Å². The van der Waals surface area contributed by atoms with E-state index in [1.165, 1.54) is 18.2 Å². The summed E-state index contributed by atoms with van der Waals surface area (Å²) in [6.07, 6.45) is -0.460. The van der Waals surface area contributed by atoms with Crippen LogP contribution >= 0.6 is 0 Å². The number of benzene rings is 1. The highest BCUT2D eigenvalue weighted by molar-refractivity contribution is 7.95. The van der Waals surface area contributed by atoms with E-state index in [4.69, 9.17) is 0 Å². The van der Waals surface area contributed by atoms with Gasteiger partial charge in [-0.3, -0.25) is 0 Å². The van der Waals surface area contributed by atoms with Crippen molar-refractivity contribution in [1.29, 1.82) is 0 Å². The predicted molar refractivity (Wildman–Crippen MR) is 72.1 cm³/mol. The molecule has 0 fully saturated rings. The molecule has 2 N–H and O–H groups in total. The van der Waals surface area contributed by atoms with E-state index in [9.17, 15) is 18.6 Å². The number of sulfone groups is 1. The zero-order chi connectivity index (χ0) is 14.2. The van der Waals surface area contributed by atoms with Gasteiger partial charge in [0.05, 0.1) is 22.0 Å². The molecule has 1 unspecified atom stereocenters. The van der Waals surface area contributed by atoms with Gasteiger partial charge in [-0.15, -0.1) is 0 Å². The molecule has 0 spiro atoms. The minimum Gasteiger partial charge on any atom is -0.392 e. The highest BCUT2D eigenvalue weighted by Crippen LogP contribution is 2.35. The van der Waals surface area contributed by atoms with Gasteiger partial charge in [-0.2, -0.15) is 0 Å². The molecule has 1 aliphatic rings. The lowest BCUT2D eigenvalue weighted by Crippen LogP contribution is -2.40. The Morgan fingerprint density at radius 3 is 2.21 bits per heavy atom. The Hall–Kier alpha value is -1.17. The van der Waals surface area contributed by atoms with E-state index in [1.54, 1.807) is 32.0 Å². The number of rotatable bonds is 2. The quantitative estimate of drug-likeness (QED) is 0.858. The molecule has 0 aliphatic heterocycles. The van der Waals surface area contributed by atoms with Crippen LogP contribution in [-0.2, 0) is 9.84 Å². The standard InChI is InChI=1S/C14H18O4S/c1-9-12(15)8-13(10(2)14(9)16)19(17,18)11-6-4-3-5-7-11/h3-10,12,14-16H,1-2H3/t9-,10?,12-,14-/m1/s1. The molecule has 19 heavy (non-hydrogen) atoms. The second kappa shape index (κ2) is 5.07. The monoisotopic (exact) mass is 282 g/mol. The third-order valence-corrected chi connectivity index (χ3v) is 5.76. The smallest absolute Gasteiger partial charge is 0.202 e. The molecule has 0 saturated heterocycles. The number of aliphatic hydroxyl groups excluding tert-OH is 2. The largest absolute Gasteiger partial charge is 0.392 e. The first-order valence-electron chi connectivity index (χ1n) is 6.23. The van der Waals surface area contributed by atoms with Crippen LogP contribution in [0.15, 0.2) is 46.2 Å². The Balaban J connectivity index is 2.49. The normalized spacial score (nSPS) is 31.9. The van der Waals surface area contributed by atoms with E-state index in [2.05, 4.69) is 0 Å². The Labute approximate surface area is 113 Å². The van der Waals surface area contributed by atoms with Crippen molar-refractivity contribution in [3.05, 3.63) is 41.3 Å². The van der Waals surface area contributed by atoms with Gasteiger partial charge >= 0.3 is 0 Å². The molecule has 0 amide bonds. The molecule has 4 nitrogen and oxygen atoms in total. The second-order valence-electron chi connectivity index (χ2n) is 5.01. The van der Waals surface area contributed by atoms with E-state index in [0.29, 0.717) is 0 Å². The van der Waals surface area contributed by atoms with E-state index in [-0.39, 0.29) is 15.7 Å². The molecule has 4 atom stereocenters. The maximum absolute atomic E-state index is 12.5. The molecule has 0 radical (unpaired) electrons. The maximum Gasteiger partial charge on any atom is 0.202 e. The van der Waals surface area contributed by atoms with Crippen molar-refractivity contribution in [2.24, 2.45) is 11.8 Å². The van der Waals surface area contributed by atoms with Crippen LogP contribution < -0.4 is 0 Å². The Bertz CT molecular complexity index is 577. The van der Waals surface area contributed by atoms with Crippen LogP contribution in [0, 0.1) is 11.8 Å². The van der Waals surface area contributed by atoms with Gasteiger partial charge in [-0.05, 0) is 18.2 Å². The van der Waals surface area contributed by atoms with Crippen LogP contribution in [0.3, 0.4) is 0 Å². The van der Waals surface area contributed by atoms with Crippen LogP contribution in [0.5, 0.6) is 0 Å². The van der Waals surface area contributed by atoms with E-state index in [1.807, 2.05) is 0 Å². The summed E-state index contributed by atoms with van der Waals surface area (Å²) in [5, 5.41) is 19.9. The third-order valence-electron chi connectivity index (χ3n) is 3.74. The van der Waals surface area contributed by atoms with Gasteiger partial charge in [-0.1, -0.05) is 32.0 Å². The van der Waals surface area contributed by atoms with Gasteiger partial charge in [0.1, 0.15) is 0 Å². The molecular formula is C14H18O4S. The van der Waals surface area contributed by atoms with Crippen molar-refractivity contribution < 1.29 is 18.6 Å². The van der Waals surface area contributed by atoms with Gasteiger partial charge < -0.3 is 10.2 Å². The minimum absolute atomic E-state index is 0.0943. The summed E-state index contributed by atoms with van der Waals surface area (Å²) >= 11 is 0. The van der Waals surface area contributed by atoms with Crippen molar-refractivity contribution in [1.82, 2.24) is 0 Å². The molecule has 1 aromatic carbocycles. The molecule has 0 saturated carbocycles. The van der Waals surface area contributed by atoms with Crippen molar-refractivity contribution in [3.63, 3.8) is 0 Å². The number of aliphatic hydroxyl groups is 2. The first-order valence-corrected chi connectivity index (χ1v) is 7.72. The first kappa shape index (κ1) is 14.2. The first-order chi connectivity index (χ1) is 8.85. The van der Waals surface area contributed by atoms with Crippen LogP contribution in [0.2, 0.25) is 0 Å². The lowest BCUT2D eigenvalue weighted by Gasteiger charge is -2.33. The van der Waals surface area contributed by atoms with Gasteiger partial charge in [0.15, 0.2) is 0 Å². The summed E-state index contributed by atoms with van der Waals surface area (Å²) in [6, 6.07) is 8.07. The van der Waals surface area contributed by atoms with E-state index >= 15 is 0 Å². The Kier molecular flexibility index (Phi) is 3.80. The van der Waals surface area contributed by atoms with Crippen LogP contribution in [0.1, 0.15) is 13.8 Å². The van der Waals surface area contributed by atoms with Crippen molar-refractivity contribution in [3.8, 4) is 0 Å². The molecule has 1 aliphatic carbocycles. The fraction of sp³-hybridized carbons (Fsp3) is 0.429. The molecule has 0 bridgehead atoms. The van der Waals surface area contributed by atoms with Gasteiger partial charge in [0, 0.05) is 11.8 Å². The summed E-state index contributed by atoms with van der Waals surface area (Å²) in [5.41, 5.74) is 0. The lowest BCUT2D eigenvalue weighted by molar-refractivity contribution is 0.0123. The molecule has 5 heteroatoms. The van der Waals surface area contributed by atoms with E-state index in [0.717, 1.165) is 0 Å². The molecule has 1 aromatic rings. The molecule has 0 heterocycles. The van der Waals surface area contributed by atoms with Crippen molar-refractivity contribution in [2.75, 3.05) is 0 Å². The Morgan fingerprint density at radius 2 is 1.63 bits per heavy atom. The fourth-order valence-electron chi connectivity index (χ4n) is 2.37. The maximum atomic E-state index is 12.5. The van der Waals surface area contributed by atoms with Crippen LogP contribution in [0.25, 0.3) is 0 Å². The van der Waals surface area contributed by atoms with Crippen molar-refractivity contribution >= 4 is 9.84 Å². The third kappa shape index (κ3) is 2.45. The average molecular weight is 282 g/mol. The summed E-state index contributed by atoms with van der Waals surface area (Å²) in [5.74, 6) is -0.895. The average Bonchev–Trinajstić information content (AvgIpc) is 2.41. The summed E-state index contributed by atoms with van der Waals surface area (Å²) in [4.78, 5) is 0.277. The van der Waals surface area contributed by atoms with Gasteiger partial charge in [0.25, 0.3) is 0 Å². The molecule has 0 aromatic heterocycles. The van der Waals surface area contributed by atoms with Crippen molar-refractivity contribution in [2.45, 2.75) is 31.0 Å². The summed E-state index contributed by atoms with van der Waals surface area (Å²) in [7, 11) is -3.66. The zero-order valence-corrected chi connectivity index (χ0v) is 11.7. The molecular weight excluding hydrogens is 264 g/mol. The Morgan fingerprint density at radius 1 is 1.05 bits per heavy atom. The minimum atomic E-state index is -3.66. The lowest BCUT2D eigenvalue weighted by atomic mass is 9.84.